The van der Waals surface area contributed by atoms with Gasteiger partial charge >= 0.3 is 0 Å². The number of carbonyl (C=O) groups is 1. The van der Waals surface area contributed by atoms with Gasteiger partial charge in [0.1, 0.15) is 5.76 Å². The number of hydrogen-bond donors (Lipinski definition) is 1. The molecule has 3 aromatic heterocycles. The minimum absolute atomic E-state index is 0. The Balaban J connectivity index is 0.000000297. The maximum atomic E-state index is 11.5. The Morgan fingerprint density at radius 2 is 1.36 bits per heavy atom. The van der Waals surface area contributed by atoms with Crippen LogP contribution in [0.15, 0.2) is 97.3 Å². The second kappa shape index (κ2) is 13.1. The fourth-order valence-electron chi connectivity index (χ4n) is 4.08. The third-order valence-electron chi connectivity index (χ3n) is 7.03. The Bertz CT molecular complexity index is 1680. The smallest absolute Gasteiger partial charge is 0.164 e. The summed E-state index contributed by atoms with van der Waals surface area (Å²) in [6.07, 6.45) is 9.60. The van der Waals surface area contributed by atoms with Gasteiger partial charge in [-0.05, 0) is 42.1 Å². The van der Waals surface area contributed by atoms with Crippen molar-refractivity contribution in [2.75, 3.05) is 0 Å². The van der Waals surface area contributed by atoms with E-state index in [4.69, 9.17) is 4.98 Å². The molecule has 0 fully saturated rings. The van der Waals surface area contributed by atoms with Gasteiger partial charge in [-0.25, -0.2) is 0 Å². The minimum atomic E-state index is -0.417. The number of allylic oxidation sites excluding steroid dienone is 2. The number of pyridine rings is 1. The number of carbonyl (C=O) groups excluding carboxylic acids is 1. The molecule has 0 aliphatic carbocycles. The molecule has 0 saturated heterocycles. The predicted molar refractivity (Wildman–Crippen MR) is 169 cm³/mol. The van der Waals surface area contributed by atoms with E-state index in [-0.39, 0.29) is 37.1 Å². The number of rotatable bonds is 4. The van der Waals surface area contributed by atoms with Crippen LogP contribution in [-0.4, -0.2) is 25.0 Å². The first-order valence-electron chi connectivity index (χ1n) is 13.9. The van der Waals surface area contributed by atoms with Crippen LogP contribution in [0.5, 0.6) is 0 Å². The summed E-state index contributed by atoms with van der Waals surface area (Å²) >= 11 is 0. The third kappa shape index (κ3) is 7.76. The summed E-state index contributed by atoms with van der Waals surface area (Å²) in [5, 5.41) is 10.7. The van der Waals surface area contributed by atoms with E-state index >= 15 is 0 Å². The standard InChI is InChI=1S/C25H20N3.C11H20O2.Ir/c1-18-7-8-20(15-19(18)2)22-10-9-21-16-24(27-11-3-4-12-27)25(17-23(21)26-22)28-13-5-6-14-28;1-10(2,3)8(12)7-9(13)11(4,5)6;/h3-7,9-17H,1-2H3;7,12H,1-6H3;/q-1;;/b;8-7-;. The number of aromatic nitrogens is 3. The molecule has 221 valence electrons. The monoisotopic (exact) mass is 739 g/mol. The second-order valence-corrected chi connectivity index (χ2v) is 12.5. The molecule has 5 nitrogen and oxygen atoms in total. The Morgan fingerprint density at radius 1 is 0.810 bits per heavy atom. The van der Waals surface area contributed by atoms with Crippen molar-refractivity contribution in [3.05, 3.63) is 114 Å². The maximum Gasteiger partial charge on any atom is 0.164 e. The number of nitrogens with zero attached hydrogens (tertiary/aromatic N) is 3. The fourth-order valence-corrected chi connectivity index (χ4v) is 4.08. The van der Waals surface area contributed by atoms with Gasteiger partial charge in [0.15, 0.2) is 5.78 Å². The van der Waals surface area contributed by atoms with Crippen LogP contribution in [0.3, 0.4) is 0 Å². The first-order chi connectivity index (χ1) is 19.2. The Kier molecular flexibility index (Phi) is 10.2. The fraction of sp³-hybridized carbons (Fsp3) is 0.278. The molecular weight excluding hydrogens is 699 g/mol. The van der Waals surface area contributed by atoms with E-state index in [1.807, 2.05) is 71.9 Å². The molecule has 0 aliphatic rings. The van der Waals surface area contributed by atoms with Crippen LogP contribution in [0.4, 0.5) is 0 Å². The van der Waals surface area contributed by atoms with E-state index in [1.165, 1.54) is 17.2 Å². The van der Waals surface area contributed by atoms with E-state index in [9.17, 15) is 9.90 Å². The van der Waals surface area contributed by atoms with Crippen LogP contribution in [0.1, 0.15) is 52.7 Å². The van der Waals surface area contributed by atoms with Crippen molar-refractivity contribution in [2.45, 2.75) is 55.4 Å². The zero-order valence-corrected chi connectivity index (χ0v) is 28.1. The van der Waals surface area contributed by atoms with Gasteiger partial charge in [0.2, 0.25) is 0 Å². The first kappa shape index (κ1) is 32.8. The molecule has 0 unspecified atom stereocenters. The number of aryl methyl sites for hydroxylation is 2. The SMILES string of the molecule is CC(C)(C)C(=O)/C=C(\O)C(C)(C)C.Cc1c[c-]c(-c2ccc3cc(-n4cccc4)c(-n4cccc4)cc3n2)cc1C.[Ir]. The van der Waals surface area contributed by atoms with E-state index in [0.717, 1.165) is 33.5 Å². The number of ketones is 1. The van der Waals surface area contributed by atoms with Crippen LogP contribution in [0, 0.1) is 30.7 Å². The van der Waals surface area contributed by atoms with Crippen LogP contribution < -0.4 is 0 Å². The molecule has 1 N–H and O–H groups in total. The molecule has 6 heteroatoms. The molecule has 0 spiro atoms. The van der Waals surface area contributed by atoms with E-state index in [1.54, 1.807) is 0 Å². The average molecular weight is 739 g/mol. The maximum absolute atomic E-state index is 11.5. The summed E-state index contributed by atoms with van der Waals surface area (Å²) in [6.45, 7) is 15.3. The van der Waals surface area contributed by atoms with Crippen molar-refractivity contribution in [1.29, 1.82) is 0 Å². The van der Waals surface area contributed by atoms with Gasteiger partial charge in [-0.2, -0.15) is 0 Å². The van der Waals surface area contributed by atoms with Crippen molar-refractivity contribution >= 4 is 16.7 Å². The average Bonchev–Trinajstić information content (AvgIpc) is 3.63. The van der Waals surface area contributed by atoms with Crippen LogP contribution >= 0.6 is 0 Å². The van der Waals surface area contributed by atoms with Crippen LogP contribution in [0.2, 0.25) is 0 Å². The van der Waals surface area contributed by atoms with Crippen molar-refractivity contribution in [1.82, 2.24) is 14.1 Å². The molecule has 0 amide bonds. The first-order valence-corrected chi connectivity index (χ1v) is 13.9. The molecule has 0 atom stereocenters. The molecule has 42 heavy (non-hydrogen) atoms. The van der Waals surface area contributed by atoms with Crippen molar-refractivity contribution in [3.8, 4) is 22.6 Å². The number of aliphatic hydroxyl groups excluding tert-OH is 1. The second-order valence-electron chi connectivity index (χ2n) is 12.5. The van der Waals surface area contributed by atoms with Crippen LogP contribution in [0.25, 0.3) is 33.5 Å². The molecule has 2 aromatic carbocycles. The van der Waals surface area contributed by atoms with Gasteiger partial charge in [0.05, 0.1) is 16.9 Å². The van der Waals surface area contributed by atoms with Gasteiger partial charge in [-0.15, -0.1) is 34.9 Å². The Morgan fingerprint density at radius 3 is 1.86 bits per heavy atom. The summed E-state index contributed by atoms with van der Waals surface area (Å²) in [6, 6.07) is 24.3. The number of benzene rings is 2. The number of aliphatic hydroxyl groups is 1. The molecule has 1 radical (unpaired) electrons. The van der Waals surface area contributed by atoms with Gasteiger partial charge in [0, 0.05) is 67.2 Å². The topological polar surface area (TPSA) is 60.0 Å². The van der Waals surface area contributed by atoms with Gasteiger partial charge in [0.25, 0.3) is 0 Å². The quantitative estimate of drug-likeness (QED) is 0.114. The van der Waals surface area contributed by atoms with E-state index in [2.05, 4.69) is 84.2 Å². The Labute approximate surface area is 263 Å². The van der Waals surface area contributed by atoms with Crippen LogP contribution in [-0.2, 0) is 24.9 Å². The summed E-state index contributed by atoms with van der Waals surface area (Å²) in [7, 11) is 0. The van der Waals surface area contributed by atoms with Gasteiger partial charge < -0.3 is 14.2 Å². The summed E-state index contributed by atoms with van der Waals surface area (Å²) < 4.78 is 4.27. The van der Waals surface area contributed by atoms with Crippen molar-refractivity contribution < 1.29 is 30.0 Å². The number of fused-ring (bicyclic) bond motifs is 1. The molecule has 0 saturated carbocycles. The summed E-state index contributed by atoms with van der Waals surface area (Å²) in [5.41, 5.74) is 6.92. The Hall–Kier alpha value is -3.73. The number of hydrogen-bond acceptors (Lipinski definition) is 3. The molecule has 0 bridgehead atoms. The van der Waals surface area contributed by atoms with E-state index in [0.29, 0.717) is 0 Å². The largest absolute Gasteiger partial charge is 0.512 e. The van der Waals surface area contributed by atoms with Crippen molar-refractivity contribution in [3.63, 3.8) is 0 Å². The molecule has 0 aliphatic heterocycles. The normalized spacial score (nSPS) is 12.0. The summed E-state index contributed by atoms with van der Waals surface area (Å²) in [5.74, 6) is 0.104. The predicted octanol–water partition coefficient (Wildman–Crippen LogP) is 8.99. The van der Waals surface area contributed by atoms with E-state index < -0.39 is 5.41 Å². The molecule has 5 aromatic rings. The molecule has 5 rings (SSSR count). The van der Waals surface area contributed by atoms with Crippen molar-refractivity contribution in [2.24, 2.45) is 10.8 Å². The minimum Gasteiger partial charge on any atom is -0.512 e. The van der Waals surface area contributed by atoms with Gasteiger partial charge in [-0.1, -0.05) is 67.5 Å². The third-order valence-corrected chi connectivity index (χ3v) is 7.03. The summed E-state index contributed by atoms with van der Waals surface area (Å²) in [4.78, 5) is 16.4. The van der Waals surface area contributed by atoms with Gasteiger partial charge in [-0.3, -0.25) is 9.78 Å². The molecular formula is C36H40IrN3O2-. The zero-order chi connectivity index (χ0) is 29.9. The molecule has 3 heterocycles. The zero-order valence-electron chi connectivity index (χ0n) is 25.7.